The largest absolute Gasteiger partial charge is 0.336 e. The molecular weight excluding hydrogens is 320 g/mol. The van der Waals surface area contributed by atoms with Gasteiger partial charge in [0.2, 0.25) is 0 Å². The Morgan fingerprint density at radius 3 is 2.86 bits per heavy atom. The number of fused-ring (bicyclic) bond motifs is 1. The van der Waals surface area contributed by atoms with E-state index in [-0.39, 0.29) is 10.7 Å². The zero-order valence-electron chi connectivity index (χ0n) is 12.5. The number of rotatable bonds is 1. The summed E-state index contributed by atoms with van der Waals surface area (Å²) < 4.78 is 11.6. The fraction of sp³-hybridized carbons (Fsp3) is 0.375. The summed E-state index contributed by atoms with van der Waals surface area (Å²) in [6.45, 7) is 4.85. The molecule has 0 N–H and O–H groups in total. The maximum atomic E-state index is 12.9. The van der Waals surface area contributed by atoms with Gasteiger partial charge in [0.15, 0.2) is 0 Å². The van der Waals surface area contributed by atoms with Crippen molar-refractivity contribution in [2.45, 2.75) is 18.6 Å². The van der Waals surface area contributed by atoms with Crippen molar-refractivity contribution in [2.24, 2.45) is 0 Å². The number of benzene rings is 1. The average Bonchev–Trinajstić information content (AvgIpc) is 2.50. The first-order valence-corrected chi connectivity index (χ1v) is 8.81. The standard InChI is InChI=1S/C16H17ClN2O2S/c1-16(2)10-19(8-9-22(16)21)15(20)12-5-6-13(17)11-4-3-7-18-14(11)12/h3-7H,8-10H2,1-2H3/t22-/m1/s1. The normalized spacial score (nSPS) is 21.0. The third kappa shape index (κ3) is 2.63. The van der Waals surface area contributed by atoms with E-state index in [1.807, 2.05) is 19.9 Å². The van der Waals surface area contributed by atoms with Crippen LogP contribution in [0, 0.1) is 0 Å². The first-order valence-electron chi connectivity index (χ1n) is 7.11. The first-order chi connectivity index (χ1) is 10.4. The van der Waals surface area contributed by atoms with Gasteiger partial charge in [0.25, 0.3) is 5.91 Å². The second-order valence-electron chi connectivity index (χ2n) is 6.03. The van der Waals surface area contributed by atoms with Gasteiger partial charge >= 0.3 is 0 Å². The number of hydrogen-bond acceptors (Lipinski definition) is 3. The topological polar surface area (TPSA) is 50.3 Å². The molecule has 116 valence electrons. The molecular formula is C16H17ClN2O2S. The molecule has 2 aromatic rings. The third-order valence-corrected chi connectivity index (χ3v) is 6.21. The Kier molecular flexibility index (Phi) is 3.95. The van der Waals surface area contributed by atoms with Gasteiger partial charge in [-0.1, -0.05) is 11.6 Å². The molecule has 1 aliphatic heterocycles. The van der Waals surface area contributed by atoms with Crippen molar-refractivity contribution in [2.75, 3.05) is 18.8 Å². The molecule has 1 aliphatic rings. The summed E-state index contributed by atoms with van der Waals surface area (Å²) in [6.07, 6.45) is 1.66. The molecule has 0 aliphatic carbocycles. The Bertz CT molecular complexity index is 776. The molecule has 0 spiro atoms. The van der Waals surface area contributed by atoms with Crippen molar-refractivity contribution in [3.8, 4) is 0 Å². The number of amides is 1. The zero-order chi connectivity index (χ0) is 15.9. The van der Waals surface area contributed by atoms with E-state index in [2.05, 4.69) is 4.98 Å². The van der Waals surface area contributed by atoms with Crippen LogP contribution in [0.3, 0.4) is 0 Å². The van der Waals surface area contributed by atoms with Gasteiger partial charge in [0, 0.05) is 41.2 Å². The smallest absolute Gasteiger partial charge is 0.256 e. The van der Waals surface area contributed by atoms with Crippen LogP contribution in [0.4, 0.5) is 0 Å². The van der Waals surface area contributed by atoms with Crippen molar-refractivity contribution in [1.82, 2.24) is 9.88 Å². The predicted molar refractivity (Wildman–Crippen MR) is 89.7 cm³/mol. The minimum Gasteiger partial charge on any atom is -0.336 e. The molecule has 1 saturated heterocycles. The monoisotopic (exact) mass is 336 g/mol. The zero-order valence-corrected chi connectivity index (χ0v) is 14.1. The lowest BCUT2D eigenvalue weighted by atomic mass is 10.1. The van der Waals surface area contributed by atoms with E-state index in [1.165, 1.54) is 0 Å². The minimum absolute atomic E-state index is 0.0786. The fourth-order valence-electron chi connectivity index (χ4n) is 2.73. The predicted octanol–water partition coefficient (Wildman–Crippen LogP) is 2.87. The average molecular weight is 337 g/mol. The molecule has 2 heterocycles. The highest BCUT2D eigenvalue weighted by atomic mass is 35.5. The van der Waals surface area contributed by atoms with Crippen LogP contribution in [0.2, 0.25) is 5.02 Å². The van der Waals surface area contributed by atoms with Gasteiger partial charge in [-0.25, -0.2) is 0 Å². The molecule has 0 saturated carbocycles. The van der Waals surface area contributed by atoms with Gasteiger partial charge in [-0.3, -0.25) is 14.0 Å². The number of aromatic nitrogens is 1. The van der Waals surface area contributed by atoms with Crippen LogP contribution in [-0.4, -0.2) is 43.6 Å². The van der Waals surface area contributed by atoms with E-state index >= 15 is 0 Å². The maximum Gasteiger partial charge on any atom is 0.256 e. The van der Waals surface area contributed by atoms with Gasteiger partial charge in [0.1, 0.15) is 0 Å². The molecule has 22 heavy (non-hydrogen) atoms. The Morgan fingerprint density at radius 1 is 1.36 bits per heavy atom. The summed E-state index contributed by atoms with van der Waals surface area (Å²) in [6, 6.07) is 7.11. The summed E-state index contributed by atoms with van der Waals surface area (Å²) >= 11 is 6.18. The van der Waals surface area contributed by atoms with E-state index < -0.39 is 10.8 Å². The van der Waals surface area contributed by atoms with Crippen LogP contribution in [0.15, 0.2) is 30.5 Å². The highest BCUT2D eigenvalue weighted by Crippen LogP contribution is 2.27. The highest BCUT2D eigenvalue weighted by molar-refractivity contribution is 7.86. The first kappa shape index (κ1) is 15.4. The molecule has 6 heteroatoms. The summed E-state index contributed by atoms with van der Waals surface area (Å²) in [5, 5.41) is 1.36. The molecule has 1 aromatic heterocycles. The summed E-state index contributed by atoms with van der Waals surface area (Å²) in [4.78, 5) is 18.9. The van der Waals surface area contributed by atoms with Crippen LogP contribution in [0.1, 0.15) is 24.2 Å². The number of nitrogens with zero attached hydrogens (tertiary/aromatic N) is 2. The SMILES string of the molecule is CC1(C)CN(C(=O)c2ccc(Cl)c3cccnc23)CC[S@]1=O. The molecule has 0 bridgehead atoms. The number of carbonyl (C=O) groups excluding carboxylic acids is 1. The maximum absolute atomic E-state index is 12.9. The number of pyridine rings is 1. The molecule has 0 unspecified atom stereocenters. The molecule has 1 fully saturated rings. The van der Waals surface area contributed by atoms with E-state index in [4.69, 9.17) is 11.6 Å². The fourth-order valence-corrected chi connectivity index (χ4v) is 4.19. The van der Waals surface area contributed by atoms with Crippen LogP contribution >= 0.6 is 11.6 Å². The van der Waals surface area contributed by atoms with Gasteiger partial charge in [-0.2, -0.15) is 0 Å². The van der Waals surface area contributed by atoms with Gasteiger partial charge in [-0.15, -0.1) is 0 Å². The lowest BCUT2D eigenvalue weighted by molar-refractivity contribution is 0.0747. The molecule has 3 rings (SSSR count). The lowest BCUT2D eigenvalue weighted by Crippen LogP contribution is -2.52. The van der Waals surface area contributed by atoms with Crippen molar-refractivity contribution in [1.29, 1.82) is 0 Å². The van der Waals surface area contributed by atoms with Gasteiger partial charge in [-0.05, 0) is 38.1 Å². The van der Waals surface area contributed by atoms with Crippen LogP contribution in [0.5, 0.6) is 0 Å². The van der Waals surface area contributed by atoms with Crippen molar-refractivity contribution in [3.05, 3.63) is 41.0 Å². The summed E-state index contributed by atoms with van der Waals surface area (Å²) in [7, 11) is -0.906. The van der Waals surface area contributed by atoms with Crippen molar-refractivity contribution < 1.29 is 9.00 Å². The second kappa shape index (κ2) is 5.63. The Balaban J connectivity index is 2.00. The molecule has 1 atom stereocenters. The molecule has 1 aromatic carbocycles. The van der Waals surface area contributed by atoms with Crippen LogP contribution in [0.25, 0.3) is 10.9 Å². The quantitative estimate of drug-likeness (QED) is 0.804. The Morgan fingerprint density at radius 2 is 2.14 bits per heavy atom. The highest BCUT2D eigenvalue weighted by Gasteiger charge is 2.35. The van der Waals surface area contributed by atoms with E-state index in [0.717, 1.165) is 5.39 Å². The molecule has 4 nitrogen and oxygen atoms in total. The van der Waals surface area contributed by atoms with Crippen LogP contribution in [-0.2, 0) is 10.8 Å². The summed E-state index contributed by atoms with van der Waals surface area (Å²) in [5.41, 5.74) is 1.16. The lowest BCUT2D eigenvalue weighted by Gasteiger charge is -2.37. The molecule has 0 radical (unpaired) electrons. The number of carbonyl (C=O) groups is 1. The molecule has 1 amide bonds. The summed E-state index contributed by atoms with van der Waals surface area (Å²) in [5.74, 6) is 0.433. The van der Waals surface area contributed by atoms with E-state index in [9.17, 15) is 9.00 Å². The third-order valence-electron chi connectivity index (χ3n) is 3.97. The van der Waals surface area contributed by atoms with Crippen molar-refractivity contribution >= 4 is 39.2 Å². The minimum atomic E-state index is -0.906. The van der Waals surface area contributed by atoms with Crippen LogP contribution < -0.4 is 0 Å². The Hall–Kier alpha value is -1.46. The van der Waals surface area contributed by atoms with Gasteiger partial charge < -0.3 is 4.90 Å². The second-order valence-corrected chi connectivity index (χ2v) is 8.64. The Labute approximate surface area is 136 Å². The van der Waals surface area contributed by atoms with Crippen molar-refractivity contribution in [3.63, 3.8) is 0 Å². The number of hydrogen-bond donors (Lipinski definition) is 0. The number of halogens is 1. The van der Waals surface area contributed by atoms with E-state index in [1.54, 1.807) is 29.3 Å². The van der Waals surface area contributed by atoms with E-state index in [0.29, 0.717) is 34.9 Å². The van der Waals surface area contributed by atoms with Gasteiger partial charge in [0.05, 0.1) is 20.8 Å².